The highest BCUT2D eigenvalue weighted by Crippen LogP contribution is 2.15. The van der Waals surface area contributed by atoms with Gasteiger partial charge in [0, 0.05) is 48.7 Å². The summed E-state index contributed by atoms with van der Waals surface area (Å²) < 4.78 is 6.32. The second-order valence-electron chi connectivity index (χ2n) is 5.85. The molecular formula is C19H26BrN5O2. The van der Waals surface area contributed by atoms with Crippen molar-refractivity contribution >= 4 is 27.8 Å². The second kappa shape index (κ2) is 10.7. The van der Waals surface area contributed by atoms with Crippen LogP contribution in [-0.4, -0.2) is 37.2 Å². The van der Waals surface area contributed by atoms with Crippen molar-refractivity contribution in [2.75, 3.05) is 20.1 Å². The zero-order valence-electron chi connectivity index (χ0n) is 15.9. The van der Waals surface area contributed by atoms with Crippen LogP contribution in [0.1, 0.15) is 41.2 Å². The summed E-state index contributed by atoms with van der Waals surface area (Å²) in [6, 6.07) is 7.25. The molecule has 1 heterocycles. The average Bonchev–Trinajstić information content (AvgIpc) is 3.09. The van der Waals surface area contributed by atoms with E-state index in [2.05, 4.69) is 49.0 Å². The number of hydrogen-bond donors (Lipinski definition) is 3. The maximum absolute atomic E-state index is 12.1. The predicted octanol–water partition coefficient (Wildman–Crippen LogP) is 2.66. The Balaban J connectivity index is 1.77. The van der Waals surface area contributed by atoms with Crippen LogP contribution in [-0.2, 0) is 19.4 Å². The zero-order valence-corrected chi connectivity index (χ0v) is 17.5. The molecule has 146 valence electrons. The molecular weight excluding hydrogens is 410 g/mol. The Morgan fingerprint density at radius 2 is 1.81 bits per heavy atom. The number of benzene rings is 1. The first kappa shape index (κ1) is 21.0. The van der Waals surface area contributed by atoms with Crippen LogP contribution in [0.15, 0.2) is 38.3 Å². The highest BCUT2D eigenvalue weighted by atomic mass is 79.9. The van der Waals surface area contributed by atoms with E-state index in [0.29, 0.717) is 31.2 Å². The molecule has 2 aromatic rings. The molecule has 2 rings (SSSR count). The molecule has 0 fully saturated rings. The molecule has 0 bridgehead atoms. The molecule has 7 nitrogen and oxygen atoms in total. The fourth-order valence-electron chi connectivity index (χ4n) is 2.59. The molecule has 0 unspecified atom stereocenters. The Morgan fingerprint density at radius 3 is 2.44 bits per heavy atom. The topological polar surface area (TPSA) is 91.6 Å². The fourth-order valence-corrected chi connectivity index (χ4v) is 2.86. The summed E-state index contributed by atoms with van der Waals surface area (Å²) in [4.78, 5) is 16.3. The van der Waals surface area contributed by atoms with Gasteiger partial charge in [0.2, 0.25) is 0 Å². The maximum atomic E-state index is 12.1. The number of nitrogens with one attached hydrogen (secondary N) is 3. The summed E-state index contributed by atoms with van der Waals surface area (Å²) in [5, 5.41) is 13.4. The van der Waals surface area contributed by atoms with Crippen molar-refractivity contribution < 1.29 is 9.32 Å². The summed E-state index contributed by atoms with van der Waals surface area (Å²) >= 11 is 3.36. The van der Waals surface area contributed by atoms with Crippen LogP contribution in [0, 0.1) is 0 Å². The number of aliphatic imine (C=N–C) groups is 1. The standard InChI is InChI=1S/C19H26BrN5O2/c1-4-16-15(17(5-2)27-25-16)12-24-19(21-3)23-11-10-22-18(26)13-6-8-14(20)9-7-13/h6-9H,4-5,10-12H2,1-3H3,(H,22,26)(H2,21,23,24). The molecule has 8 heteroatoms. The second-order valence-corrected chi connectivity index (χ2v) is 6.77. The van der Waals surface area contributed by atoms with Gasteiger partial charge in [-0.05, 0) is 30.7 Å². The Morgan fingerprint density at radius 1 is 1.11 bits per heavy atom. The minimum Gasteiger partial charge on any atom is -0.361 e. The van der Waals surface area contributed by atoms with Crippen molar-refractivity contribution in [3.63, 3.8) is 0 Å². The van der Waals surface area contributed by atoms with Crippen molar-refractivity contribution in [3.05, 3.63) is 51.3 Å². The summed E-state index contributed by atoms with van der Waals surface area (Å²) in [6.45, 7) is 5.75. The smallest absolute Gasteiger partial charge is 0.251 e. The molecule has 0 aliphatic carbocycles. The highest BCUT2D eigenvalue weighted by Gasteiger charge is 2.13. The molecule has 1 aromatic heterocycles. The molecule has 27 heavy (non-hydrogen) atoms. The summed E-state index contributed by atoms with van der Waals surface area (Å²) in [7, 11) is 1.71. The SMILES string of the molecule is CCc1noc(CC)c1CNC(=NC)NCCNC(=O)c1ccc(Br)cc1. The monoisotopic (exact) mass is 435 g/mol. The van der Waals surface area contributed by atoms with Gasteiger partial charge in [0.15, 0.2) is 5.96 Å². The van der Waals surface area contributed by atoms with E-state index >= 15 is 0 Å². The minimum absolute atomic E-state index is 0.100. The number of aromatic nitrogens is 1. The molecule has 0 saturated heterocycles. The fraction of sp³-hybridized carbons (Fsp3) is 0.421. The minimum atomic E-state index is -0.100. The number of nitrogens with zero attached hydrogens (tertiary/aromatic N) is 2. The van der Waals surface area contributed by atoms with Gasteiger partial charge in [0.25, 0.3) is 5.91 Å². The molecule has 0 saturated carbocycles. The van der Waals surface area contributed by atoms with Crippen molar-refractivity contribution in [1.82, 2.24) is 21.1 Å². The number of rotatable bonds is 8. The first-order valence-corrected chi connectivity index (χ1v) is 9.82. The molecule has 1 amide bonds. The number of guanidine groups is 1. The lowest BCUT2D eigenvalue weighted by Crippen LogP contribution is -2.41. The highest BCUT2D eigenvalue weighted by molar-refractivity contribution is 9.10. The van der Waals surface area contributed by atoms with E-state index in [4.69, 9.17) is 4.52 Å². The van der Waals surface area contributed by atoms with Gasteiger partial charge in [0.05, 0.1) is 5.69 Å². The largest absolute Gasteiger partial charge is 0.361 e. The van der Waals surface area contributed by atoms with Gasteiger partial charge in [-0.1, -0.05) is 34.9 Å². The van der Waals surface area contributed by atoms with Crippen LogP contribution in [0.4, 0.5) is 0 Å². The first-order chi connectivity index (χ1) is 13.1. The van der Waals surface area contributed by atoms with Crippen molar-refractivity contribution in [1.29, 1.82) is 0 Å². The van der Waals surface area contributed by atoms with Crippen molar-refractivity contribution in [3.8, 4) is 0 Å². The van der Waals surface area contributed by atoms with E-state index in [1.165, 1.54) is 0 Å². The van der Waals surface area contributed by atoms with E-state index in [0.717, 1.165) is 34.3 Å². The Labute approximate surface area is 168 Å². The summed E-state index contributed by atoms with van der Waals surface area (Å²) in [5.74, 6) is 1.46. The summed E-state index contributed by atoms with van der Waals surface area (Å²) in [6.07, 6.45) is 1.63. The van der Waals surface area contributed by atoms with Crippen LogP contribution in [0.3, 0.4) is 0 Å². The molecule has 0 atom stereocenters. The van der Waals surface area contributed by atoms with Gasteiger partial charge < -0.3 is 20.5 Å². The van der Waals surface area contributed by atoms with Gasteiger partial charge in [0.1, 0.15) is 5.76 Å². The number of carbonyl (C=O) groups excluding carboxylic acids is 1. The normalized spacial score (nSPS) is 11.3. The third-order valence-electron chi connectivity index (χ3n) is 4.07. The quantitative estimate of drug-likeness (QED) is 0.336. The Hall–Kier alpha value is -2.35. The lowest BCUT2D eigenvalue weighted by molar-refractivity contribution is 0.0954. The number of carbonyl (C=O) groups is 1. The lowest BCUT2D eigenvalue weighted by atomic mass is 10.1. The van der Waals surface area contributed by atoms with Crippen LogP contribution in [0.5, 0.6) is 0 Å². The van der Waals surface area contributed by atoms with Gasteiger partial charge in [-0.25, -0.2) is 0 Å². The first-order valence-electron chi connectivity index (χ1n) is 9.03. The Kier molecular flexibility index (Phi) is 8.32. The third-order valence-corrected chi connectivity index (χ3v) is 4.60. The number of amides is 1. The van der Waals surface area contributed by atoms with Crippen molar-refractivity contribution in [2.24, 2.45) is 4.99 Å². The molecule has 0 aliphatic rings. The Bertz CT molecular complexity index is 749. The molecule has 0 spiro atoms. The van der Waals surface area contributed by atoms with Gasteiger partial charge in [-0.2, -0.15) is 0 Å². The lowest BCUT2D eigenvalue weighted by Gasteiger charge is -2.12. The van der Waals surface area contributed by atoms with Crippen LogP contribution in [0.2, 0.25) is 0 Å². The summed E-state index contributed by atoms with van der Waals surface area (Å²) in [5.41, 5.74) is 2.69. The van der Waals surface area contributed by atoms with E-state index < -0.39 is 0 Å². The van der Waals surface area contributed by atoms with E-state index in [9.17, 15) is 4.79 Å². The van der Waals surface area contributed by atoms with Crippen LogP contribution < -0.4 is 16.0 Å². The van der Waals surface area contributed by atoms with Gasteiger partial charge in [-0.3, -0.25) is 9.79 Å². The number of halogens is 1. The van der Waals surface area contributed by atoms with Crippen LogP contribution in [0.25, 0.3) is 0 Å². The number of aryl methyl sites for hydroxylation is 2. The molecule has 3 N–H and O–H groups in total. The maximum Gasteiger partial charge on any atom is 0.251 e. The predicted molar refractivity (Wildman–Crippen MR) is 110 cm³/mol. The molecule has 1 aromatic carbocycles. The molecule has 0 aliphatic heterocycles. The van der Waals surface area contributed by atoms with Crippen LogP contribution >= 0.6 is 15.9 Å². The third kappa shape index (κ3) is 6.09. The van der Waals surface area contributed by atoms with Crippen molar-refractivity contribution in [2.45, 2.75) is 33.2 Å². The van der Waals surface area contributed by atoms with Gasteiger partial charge in [-0.15, -0.1) is 0 Å². The average molecular weight is 436 g/mol. The van der Waals surface area contributed by atoms with Gasteiger partial charge >= 0.3 is 0 Å². The van der Waals surface area contributed by atoms with E-state index in [-0.39, 0.29) is 5.91 Å². The molecule has 0 radical (unpaired) electrons. The number of hydrogen-bond acceptors (Lipinski definition) is 4. The zero-order chi connectivity index (χ0) is 19.6. The van der Waals surface area contributed by atoms with E-state index in [1.807, 2.05) is 19.1 Å². The van der Waals surface area contributed by atoms with E-state index in [1.54, 1.807) is 19.2 Å².